The first-order chi connectivity index (χ1) is 5.11. The average molecular weight is 153 g/mol. The maximum atomic E-state index is 5.82. The van der Waals surface area contributed by atoms with Crippen LogP contribution in [0.3, 0.4) is 0 Å². The molecule has 0 saturated heterocycles. The molecule has 0 spiro atoms. The maximum absolute atomic E-state index is 5.82. The van der Waals surface area contributed by atoms with E-state index in [9.17, 15) is 0 Å². The minimum absolute atomic E-state index is 0.440. The molecule has 0 heterocycles. The highest BCUT2D eigenvalue weighted by atomic mass is 14.6. The number of rotatable bonds is 2. The highest BCUT2D eigenvalue weighted by Gasteiger charge is 2.24. The highest BCUT2D eigenvalue weighted by molar-refractivity contribution is 5.06. The number of nitrogens with two attached hydrogens (primary N) is 1. The van der Waals surface area contributed by atoms with E-state index < -0.39 is 0 Å². The Morgan fingerprint density at radius 1 is 1.45 bits per heavy atom. The van der Waals surface area contributed by atoms with Gasteiger partial charge in [-0.15, -0.1) is 0 Å². The van der Waals surface area contributed by atoms with Crippen molar-refractivity contribution in [2.45, 2.75) is 39.2 Å². The SMILES string of the molecule is C=C(C(C)C)C1CCC(N)C1. The van der Waals surface area contributed by atoms with Gasteiger partial charge in [0.25, 0.3) is 0 Å². The van der Waals surface area contributed by atoms with Gasteiger partial charge >= 0.3 is 0 Å². The van der Waals surface area contributed by atoms with Crippen LogP contribution in [0.15, 0.2) is 12.2 Å². The van der Waals surface area contributed by atoms with Crippen molar-refractivity contribution in [1.82, 2.24) is 0 Å². The molecule has 1 heteroatoms. The third-order valence-corrected chi connectivity index (χ3v) is 2.74. The van der Waals surface area contributed by atoms with Crippen molar-refractivity contribution in [1.29, 1.82) is 0 Å². The molecule has 1 nitrogen and oxygen atoms in total. The Bertz CT molecular complexity index is 149. The van der Waals surface area contributed by atoms with E-state index in [1.807, 2.05) is 0 Å². The third-order valence-electron chi connectivity index (χ3n) is 2.74. The van der Waals surface area contributed by atoms with Gasteiger partial charge in [0.05, 0.1) is 0 Å². The Balaban J connectivity index is 2.43. The molecule has 64 valence electrons. The average Bonchev–Trinajstić information content (AvgIpc) is 2.34. The van der Waals surface area contributed by atoms with Crippen LogP contribution in [0, 0.1) is 11.8 Å². The van der Waals surface area contributed by atoms with Crippen LogP contribution < -0.4 is 5.73 Å². The van der Waals surface area contributed by atoms with E-state index in [2.05, 4.69) is 20.4 Å². The number of hydrogen-bond acceptors (Lipinski definition) is 1. The lowest BCUT2D eigenvalue weighted by Gasteiger charge is -2.16. The summed E-state index contributed by atoms with van der Waals surface area (Å²) in [6.07, 6.45) is 3.62. The molecule has 2 atom stereocenters. The first-order valence-electron chi connectivity index (χ1n) is 4.55. The highest BCUT2D eigenvalue weighted by Crippen LogP contribution is 2.32. The predicted molar refractivity (Wildman–Crippen MR) is 49.3 cm³/mol. The van der Waals surface area contributed by atoms with Gasteiger partial charge in [-0.2, -0.15) is 0 Å². The maximum Gasteiger partial charge on any atom is 0.00447 e. The molecule has 0 bridgehead atoms. The van der Waals surface area contributed by atoms with E-state index in [-0.39, 0.29) is 0 Å². The van der Waals surface area contributed by atoms with Crippen molar-refractivity contribution < 1.29 is 0 Å². The third kappa shape index (κ3) is 2.06. The van der Waals surface area contributed by atoms with Crippen LogP contribution in [0.5, 0.6) is 0 Å². The lowest BCUT2D eigenvalue weighted by atomic mass is 9.90. The summed E-state index contributed by atoms with van der Waals surface area (Å²) in [4.78, 5) is 0. The van der Waals surface area contributed by atoms with Crippen LogP contribution >= 0.6 is 0 Å². The molecule has 1 aliphatic carbocycles. The molecule has 0 radical (unpaired) electrons. The summed E-state index contributed by atoms with van der Waals surface area (Å²) in [5.74, 6) is 1.34. The molecule has 1 saturated carbocycles. The fourth-order valence-corrected chi connectivity index (χ4v) is 1.82. The predicted octanol–water partition coefficient (Wildman–Crippen LogP) is 2.33. The van der Waals surface area contributed by atoms with E-state index in [1.165, 1.54) is 18.4 Å². The lowest BCUT2D eigenvalue weighted by Crippen LogP contribution is -2.15. The second kappa shape index (κ2) is 3.40. The van der Waals surface area contributed by atoms with Crippen molar-refractivity contribution in [2.24, 2.45) is 17.6 Å². The Morgan fingerprint density at radius 2 is 2.09 bits per heavy atom. The molecule has 1 fully saturated rings. The molecule has 0 aromatic carbocycles. The minimum atomic E-state index is 0.440. The normalized spacial score (nSPS) is 31.3. The lowest BCUT2D eigenvalue weighted by molar-refractivity contribution is 0.551. The van der Waals surface area contributed by atoms with Crippen LogP contribution in [-0.4, -0.2) is 6.04 Å². The summed E-state index contributed by atoms with van der Waals surface area (Å²) in [5.41, 5.74) is 7.22. The van der Waals surface area contributed by atoms with Crippen molar-refractivity contribution in [3.63, 3.8) is 0 Å². The van der Waals surface area contributed by atoms with Gasteiger partial charge in [0.2, 0.25) is 0 Å². The van der Waals surface area contributed by atoms with Crippen LogP contribution in [-0.2, 0) is 0 Å². The summed E-state index contributed by atoms with van der Waals surface area (Å²) < 4.78 is 0. The zero-order valence-electron chi connectivity index (χ0n) is 7.64. The molecule has 0 aromatic rings. The van der Waals surface area contributed by atoms with Gasteiger partial charge in [-0.25, -0.2) is 0 Å². The molecule has 0 amide bonds. The van der Waals surface area contributed by atoms with Gasteiger partial charge in [0.15, 0.2) is 0 Å². The first-order valence-corrected chi connectivity index (χ1v) is 4.55. The zero-order chi connectivity index (χ0) is 8.43. The number of allylic oxidation sites excluding steroid dienone is 1. The topological polar surface area (TPSA) is 26.0 Å². The molecule has 11 heavy (non-hydrogen) atoms. The van der Waals surface area contributed by atoms with Crippen LogP contribution in [0.25, 0.3) is 0 Å². The molecule has 1 rings (SSSR count). The Labute approximate surface area is 69.7 Å². The quantitative estimate of drug-likeness (QED) is 0.605. The second-order valence-electron chi connectivity index (χ2n) is 4.00. The van der Waals surface area contributed by atoms with E-state index >= 15 is 0 Å². The van der Waals surface area contributed by atoms with Gasteiger partial charge in [-0.05, 0) is 31.1 Å². The van der Waals surface area contributed by atoms with E-state index in [0.717, 1.165) is 6.42 Å². The largest absolute Gasteiger partial charge is 0.328 e. The first kappa shape index (κ1) is 8.79. The molecular formula is C10H19N. The molecule has 2 unspecified atom stereocenters. The number of hydrogen-bond donors (Lipinski definition) is 1. The van der Waals surface area contributed by atoms with Crippen LogP contribution in [0.1, 0.15) is 33.1 Å². The van der Waals surface area contributed by atoms with Gasteiger partial charge in [0, 0.05) is 6.04 Å². The zero-order valence-corrected chi connectivity index (χ0v) is 7.64. The Kier molecular flexibility index (Phi) is 2.72. The van der Waals surface area contributed by atoms with Crippen molar-refractivity contribution >= 4 is 0 Å². The Morgan fingerprint density at radius 3 is 2.45 bits per heavy atom. The molecule has 2 N–H and O–H groups in total. The van der Waals surface area contributed by atoms with Crippen molar-refractivity contribution in [2.75, 3.05) is 0 Å². The van der Waals surface area contributed by atoms with E-state index in [1.54, 1.807) is 0 Å². The van der Waals surface area contributed by atoms with Crippen LogP contribution in [0.4, 0.5) is 0 Å². The Hall–Kier alpha value is -0.300. The summed E-state index contributed by atoms with van der Waals surface area (Å²) in [5, 5.41) is 0. The van der Waals surface area contributed by atoms with E-state index in [4.69, 9.17) is 5.73 Å². The van der Waals surface area contributed by atoms with Gasteiger partial charge in [-0.1, -0.05) is 26.0 Å². The smallest absolute Gasteiger partial charge is 0.00447 e. The van der Waals surface area contributed by atoms with Gasteiger partial charge in [0.1, 0.15) is 0 Å². The molecule has 1 aliphatic rings. The van der Waals surface area contributed by atoms with Crippen molar-refractivity contribution in [3.8, 4) is 0 Å². The van der Waals surface area contributed by atoms with Gasteiger partial charge < -0.3 is 5.73 Å². The second-order valence-corrected chi connectivity index (χ2v) is 4.00. The summed E-state index contributed by atoms with van der Waals surface area (Å²) >= 11 is 0. The van der Waals surface area contributed by atoms with E-state index in [0.29, 0.717) is 17.9 Å². The molecule has 0 aromatic heterocycles. The monoisotopic (exact) mass is 153 g/mol. The summed E-state index contributed by atoms with van der Waals surface area (Å²) in [7, 11) is 0. The van der Waals surface area contributed by atoms with Gasteiger partial charge in [-0.3, -0.25) is 0 Å². The molecule has 0 aliphatic heterocycles. The minimum Gasteiger partial charge on any atom is -0.328 e. The summed E-state index contributed by atoms with van der Waals surface area (Å²) in [6.45, 7) is 8.54. The fraction of sp³-hybridized carbons (Fsp3) is 0.800. The standard InChI is InChI=1S/C10H19N/c1-7(2)8(3)9-4-5-10(11)6-9/h7,9-10H,3-6,11H2,1-2H3. The fourth-order valence-electron chi connectivity index (χ4n) is 1.82. The summed E-state index contributed by atoms with van der Waals surface area (Å²) in [6, 6.07) is 0.440. The van der Waals surface area contributed by atoms with Crippen LogP contribution in [0.2, 0.25) is 0 Å². The van der Waals surface area contributed by atoms with Crippen molar-refractivity contribution in [3.05, 3.63) is 12.2 Å². The molecular weight excluding hydrogens is 134 g/mol.